The minimum atomic E-state index is -3.60. The smallest absolute Gasteiger partial charge is 0.244 e. The van der Waals surface area contributed by atoms with E-state index in [1.807, 2.05) is 18.2 Å². The Morgan fingerprint density at radius 3 is 2.54 bits per heavy atom. The van der Waals surface area contributed by atoms with Gasteiger partial charge in [0.2, 0.25) is 10.0 Å². The van der Waals surface area contributed by atoms with E-state index in [0.29, 0.717) is 6.54 Å². The largest absolute Gasteiger partial charge is 0.371 e. The molecule has 24 heavy (non-hydrogen) atoms. The van der Waals surface area contributed by atoms with Crippen LogP contribution in [0.2, 0.25) is 5.15 Å². The third-order valence-electron chi connectivity index (χ3n) is 4.24. The lowest BCUT2D eigenvalue weighted by Gasteiger charge is -2.24. The lowest BCUT2D eigenvalue weighted by atomic mass is 10.1. The van der Waals surface area contributed by atoms with Crippen molar-refractivity contribution in [3.63, 3.8) is 0 Å². The van der Waals surface area contributed by atoms with Gasteiger partial charge in [-0.2, -0.15) is 4.31 Å². The SMILES string of the molecule is CN(Cc1ccccc1N1CCCC1)S(=O)(=O)c1ccc(Cl)nc1. The van der Waals surface area contributed by atoms with E-state index in [4.69, 9.17) is 11.6 Å². The molecule has 7 heteroatoms. The maximum Gasteiger partial charge on any atom is 0.244 e. The second kappa shape index (κ2) is 7.09. The molecule has 128 valence electrons. The fourth-order valence-corrected chi connectivity index (χ4v) is 4.14. The van der Waals surface area contributed by atoms with Crippen LogP contribution in [-0.2, 0) is 16.6 Å². The van der Waals surface area contributed by atoms with Crippen LogP contribution < -0.4 is 4.90 Å². The van der Waals surface area contributed by atoms with E-state index >= 15 is 0 Å². The monoisotopic (exact) mass is 365 g/mol. The second-order valence-electron chi connectivity index (χ2n) is 5.90. The van der Waals surface area contributed by atoms with E-state index in [-0.39, 0.29) is 10.0 Å². The number of sulfonamides is 1. The van der Waals surface area contributed by atoms with Gasteiger partial charge in [0.15, 0.2) is 0 Å². The van der Waals surface area contributed by atoms with Gasteiger partial charge in [-0.25, -0.2) is 13.4 Å². The number of nitrogens with zero attached hydrogens (tertiary/aromatic N) is 3. The lowest BCUT2D eigenvalue weighted by Crippen LogP contribution is -2.28. The highest BCUT2D eigenvalue weighted by molar-refractivity contribution is 7.89. The summed E-state index contributed by atoms with van der Waals surface area (Å²) in [6.45, 7) is 2.36. The van der Waals surface area contributed by atoms with Gasteiger partial charge in [-0.05, 0) is 36.6 Å². The number of anilines is 1. The van der Waals surface area contributed by atoms with Crippen molar-refractivity contribution in [3.05, 3.63) is 53.3 Å². The molecule has 0 unspecified atom stereocenters. The van der Waals surface area contributed by atoms with E-state index in [9.17, 15) is 8.42 Å². The van der Waals surface area contributed by atoms with Crippen LogP contribution in [-0.4, -0.2) is 37.8 Å². The molecule has 0 aliphatic carbocycles. The molecule has 2 heterocycles. The molecule has 0 radical (unpaired) electrons. The van der Waals surface area contributed by atoms with Crippen molar-refractivity contribution < 1.29 is 8.42 Å². The van der Waals surface area contributed by atoms with Crippen molar-refractivity contribution in [3.8, 4) is 0 Å². The number of para-hydroxylation sites is 1. The Morgan fingerprint density at radius 1 is 1.17 bits per heavy atom. The number of hydrogen-bond acceptors (Lipinski definition) is 4. The van der Waals surface area contributed by atoms with E-state index in [2.05, 4.69) is 16.0 Å². The molecule has 0 saturated carbocycles. The lowest BCUT2D eigenvalue weighted by molar-refractivity contribution is 0.466. The maximum absolute atomic E-state index is 12.7. The van der Waals surface area contributed by atoms with Gasteiger partial charge in [-0.15, -0.1) is 0 Å². The third-order valence-corrected chi connectivity index (χ3v) is 6.25. The van der Waals surface area contributed by atoms with Crippen molar-refractivity contribution in [1.29, 1.82) is 0 Å². The van der Waals surface area contributed by atoms with Crippen LogP contribution in [0.1, 0.15) is 18.4 Å². The van der Waals surface area contributed by atoms with E-state index in [1.54, 1.807) is 7.05 Å². The Labute approximate surface area is 147 Å². The molecular formula is C17H20ClN3O2S. The number of hydrogen-bond donors (Lipinski definition) is 0. The molecule has 1 saturated heterocycles. The zero-order chi connectivity index (χ0) is 17.2. The summed E-state index contributed by atoms with van der Waals surface area (Å²) in [5.74, 6) is 0. The predicted molar refractivity (Wildman–Crippen MR) is 95.8 cm³/mol. The summed E-state index contributed by atoms with van der Waals surface area (Å²) in [7, 11) is -2.01. The molecule has 3 rings (SSSR count). The molecule has 1 aliphatic rings. The van der Waals surface area contributed by atoms with Crippen molar-refractivity contribution >= 4 is 27.3 Å². The Kier molecular flexibility index (Phi) is 5.08. The molecule has 1 fully saturated rings. The summed E-state index contributed by atoms with van der Waals surface area (Å²) < 4.78 is 26.8. The van der Waals surface area contributed by atoms with Crippen LogP contribution in [0.5, 0.6) is 0 Å². The number of aromatic nitrogens is 1. The number of benzene rings is 1. The molecule has 0 spiro atoms. The fraction of sp³-hybridized carbons (Fsp3) is 0.353. The number of pyridine rings is 1. The topological polar surface area (TPSA) is 53.5 Å². The Hall–Kier alpha value is -1.63. The van der Waals surface area contributed by atoms with Crippen LogP contribution in [0.4, 0.5) is 5.69 Å². The molecule has 1 aromatic heterocycles. The predicted octanol–water partition coefficient (Wildman–Crippen LogP) is 3.16. The van der Waals surface area contributed by atoms with Crippen LogP contribution in [0.3, 0.4) is 0 Å². The van der Waals surface area contributed by atoms with Gasteiger partial charge in [0.05, 0.1) is 0 Å². The van der Waals surface area contributed by atoms with Crippen molar-refractivity contribution in [2.75, 3.05) is 25.0 Å². The molecule has 1 aromatic carbocycles. The highest BCUT2D eigenvalue weighted by Gasteiger charge is 2.23. The fourth-order valence-electron chi connectivity index (χ4n) is 2.93. The normalized spacial score (nSPS) is 15.2. The molecule has 2 aromatic rings. The van der Waals surface area contributed by atoms with Gasteiger partial charge in [0, 0.05) is 38.6 Å². The highest BCUT2D eigenvalue weighted by Crippen LogP contribution is 2.27. The molecule has 0 amide bonds. The molecule has 5 nitrogen and oxygen atoms in total. The molecular weight excluding hydrogens is 346 g/mol. The van der Waals surface area contributed by atoms with Gasteiger partial charge in [-0.1, -0.05) is 29.8 Å². The van der Waals surface area contributed by atoms with E-state index in [0.717, 1.165) is 24.3 Å². The summed E-state index contributed by atoms with van der Waals surface area (Å²) in [6.07, 6.45) is 3.65. The third kappa shape index (κ3) is 3.55. The zero-order valence-corrected chi connectivity index (χ0v) is 15.1. The zero-order valence-electron chi connectivity index (χ0n) is 13.5. The summed E-state index contributed by atoms with van der Waals surface area (Å²) in [5.41, 5.74) is 2.12. The highest BCUT2D eigenvalue weighted by atomic mass is 35.5. The Bertz CT molecular complexity index is 803. The first-order valence-electron chi connectivity index (χ1n) is 7.89. The van der Waals surface area contributed by atoms with Gasteiger partial charge in [0.25, 0.3) is 0 Å². The number of rotatable bonds is 5. The van der Waals surface area contributed by atoms with Crippen LogP contribution in [0.15, 0.2) is 47.5 Å². The maximum atomic E-state index is 12.7. The van der Waals surface area contributed by atoms with Crippen LogP contribution in [0.25, 0.3) is 0 Å². The van der Waals surface area contributed by atoms with Gasteiger partial charge >= 0.3 is 0 Å². The summed E-state index contributed by atoms with van der Waals surface area (Å²) in [6, 6.07) is 11.0. The van der Waals surface area contributed by atoms with Crippen molar-refractivity contribution in [2.24, 2.45) is 0 Å². The second-order valence-corrected chi connectivity index (χ2v) is 8.33. The van der Waals surface area contributed by atoms with Crippen molar-refractivity contribution in [2.45, 2.75) is 24.3 Å². The van der Waals surface area contributed by atoms with Crippen molar-refractivity contribution in [1.82, 2.24) is 9.29 Å². The molecule has 0 atom stereocenters. The van der Waals surface area contributed by atoms with Gasteiger partial charge in [0.1, 0.15) is 10.0 Å². The van der Waals surface area contributed by atoms with Gasteiger partial charge < -0.3 is 4.90 Å². The first-order chi connectivity index (χ1) is 11.5. The standard InChI is InChI=1S/C17H20ClN3O2S/c1-20(24(22,23)15-8-9-17(18)19-12-15)13-14-6-2-3-7-16(14)21-10-4-5-11-21/h2-3,6-9,12H,4-5,10-11,13H2,1H3. The summed E-state index contributed by atoms with van der Waals surface area (Å²) >= 11 is 5.74. The molecule has 0 bridgehead atoms. The van der Waals surface area contributed by atoms with Crippen LogP contribution in [0, 0.1) is 0 Å². The molecule has 0 N–H and O–H groups in total. The minimum Gasteiger partial charge on any atom is -0.371 e. The summed E-state index contributed by atoms with van der Waals surface area (Å²) in [5, 5.41) is 0.274. The first kappa shape index (κ1) is 17.2. The molecule has 1 aliphatic heterocycles. The van der Waals surface area contributed by atoms with E-state index < -0.39 is 10.0 Å². The average molecular weight is 366 g/mol. The first-order valence-corrected chi connectivity index (χ1v) is 9.71. The summed E-state index contributed by atoms with van der Waals surface area (Å²) in [4.78, 5) is 6.33. The minimum absolute atomic E-state index is 0.146. The Balaban J connectivity index is 1.84. The quantitative estimate of drug-likeness (QED) is 0.764. The number of halogens is 1. The van der Waals surface area contributed by atoms with Crippen LogP contribution >= 0.6 is 11.6 Å². The van der Waals surface area contributed by atoms with Gasteiger partial charge in [-0.3, -0.25) is 0 Å². The Morgan fingerprint density at radius 2 is 1.88 bits per heavy atom. The average Bonchev–Trinajstić information content (AvgIpc) is 3.10. The van der Waals surface area contributed by atoms with E-state index in [1.165, 1.54) is 35.5 Å².